The summed E-state index contributed by atoms with van der Waals surface area (Å²) < 4.78 is 4.19. The van der Waals surface area contributed by atoms with Gasteiger partial charge in [0.1, 0.15) is 0 Å². The van der Waals surface area contributed by atoms with Crippen LogP contribution in [-0.2, 0) is 5.41 Å². The molecule has 0 aliphatic rings. The van der Waals surface area contributed by atoms with Crippen molar-refractivity contribution in [1.82, 2.24) is 14.9 Å². The number of hydrogen-bond acceptors (Lipinski definition) is 5. The topological polar surface area (TPSA) is 37.8 Å². The molecule has 2 heterocycles. The van der Waals surface area contributed by atoms with Gasteiger partial charge in [-0.1, -0.05) is 32.2 Å². The van der Waals surface area contributed by atoms with E-state index < -0.39 is 0 Å². The van der Waals surface area contributed by atoms with Crippen LogP contribution >= 0.6 is 22.9 Å². The van der Waals surface area contributed by atoms with E-state index in [-0.39, 0.29) is 11.5 Å². The monoisotopic (exact) mass is 295 g/mol. The van der Waals surface area contributed by atoms with E-state index in [1.54, 1.807) is 11.3 Å². The Kier molecular flexibility index (Phi) is 4.38. The molecule has 0 radical (unpaired) electrons. The standard InChI is InChI=1S/C14H21N3S2/c1-6-15-10(11-9(2)7-8-18-11)12-13(14(3,4)5)16-17-19-12/h7-8,10,15H,6H2,1-5H3. The van der Waals surface area contributed by atoms with Crippen LogP contribution in [0, 0.1) is 6.92 Å². The Balaban J connectivity index is 2.46. The number of hydrogen-bond donors (Lipinski definition) is 1. The average molecular weight is 295 g/mol. The van der Waals surface area contributed by atoms with Gasteiger partial charge in [-0.2, -0.15) is 0 Å². The van der Waals surface area contributed by atoms with E-state index in [1.165, 1.54) is 26.9 Å². The Labute approximate surface area is 123 Å². The van der Waals surface area contributed by atoms with Gasteiger partial charge in [-0.15, -0.1) is 16.4 Å². The normalized spacial score (nSPS) is 13.7. The highest BCUT2D eigenvalue weighted by Gasteiger charge is 2.28. The third-order valence-corrected chi connectivity index (χ3v) is 4.93. The van der Waals surface area contributed by atoms with E-state index in [4.69, 9.17) is 0 Å². The fourth-order valence-corrected chi connectivity index (χ4v) is 4.13. The second kappa shape index (κ2) is 5.69. The fourth-order valence-electron chi connectivity index (χ4n) is 2.10. The molecule has 3 nitrogen and oxygen atoms in total. The van der Waals surface area contributed by atoms with Crippen LogP contribution in [0.25, 0.3) is 0 Å². The van der Waals surface area contributed by atoms with Gasteiger partial charge in [0.15, 0.2) is 0 Å². The lowest BCUT2D eigenvalue weighted by molar-refractivity contribution is 0.544. The summed E-state index contributed by atoms with van der Waals surface area (Å²) in [4.78, 5) is 2.62. The molecule has 0 aliphatic carbocycles. The molecule has 2 aromatic heterocycles. The maximum atomic E-state index is 4.36. The molecule has 104 valence electrons. The van der Waals surface area contributed by atoms with Gasteiger partial charge >= 0.3 is 0 Å². The van der Waals surface area contributed by atoms with Gasteiger partial charge in [-0.05, 0) is 42.0 Å². The first-order valence-corrected chi connectivity index (χ1v) is 8.20. The van der Waals surface area contributed by atoms with Gasteiger partial charge in [-0.25, -0.2) is 0 Å². The predicted molar refractivity (Wildman–Crippen MR) is 83.2 cm³/mol. The number of rotatable bonds is 4. The Morgan fingerprint density at radius 2 is 2.05 bits per heavy atom. The van der Waals surface area contributed by atoms with Crippen LogP contribution in [-0.4, -0.2) is 16.1 Å². The van der Waals surface area contributed by atoms with Gasteiger partial charge in [0, 0.05) is 10.3 Å². The minimum atomic E-state index is 0.0289. The van der Waals surface area contributed by atoms with Crippen LogP contribution in [0.15, 0.2) is 11.4 Å². The van der Waals surface area contributed by atoms with Gasteiger partial charge in [0.05, 0.1) is 16.6 Å². The minimum absolute atomic E-state index is 0.0289. The first-order valence-electron chi connectivity index (χ1n) is 6.55. The molecule has 0 aromatic carbocycles. The molecule has 5 heteroatoms. The molecule has 0 bridgehead atoms. The number of aryl methyl sites for hydroxylation is 1. The van der Waals surface area contributed by atoms with Crippen molar-refractivity contribution in [3.63, 3.8) is 0 Å². The number of nitrogens with one attached hydrogen (secondary N) is 1. The fraction of sp³-hybridized carbons (Fsp3) is 0.571. The Morgan fingerprint density at radius 3 is 2.58 bits per heavy atom. The van der Waals surface area contributed by atoms with Crippen LogP contribution in [0.5, 0.6) is 0 Å². The molecule has 0 saturated carbocycles. The first-order chi connectivity index (χ1) is 8.95. The number of aromatic nitrogens is 2. The highest BCUT2D eigenvalue weighted by atomic mass is 32.1. The van der Waals surface area contributed by atoms with Gasteiger partial charge in [0.25, 0.3) is 0 Å². The van der Waals surface area contributed by atoms with Crippen LogP contribution in [0.2, 0.25) is 0 Å². The van der Waals surface area contributed by atoms with E-state index >= 15 is 0 Å². The summed E-state index contributed by atoms with van der Waals surface area (Å²) in [7, 11) is 0. The zero-order valence-corrected chi connectivity index (χ0v) is 13.8. The lowest BCUT2D eigenvalue weighted by atomic mass is 9.89. The Morgan fingerprint density at radius 1 is 1.32 bits per heavy atom. The van der Waals surface area contributed by atoms with Crippen molar-refractivity contribution in [3.8, 4) is 0 Å². The molecule has 2 aromatic rings. The van der Waals surface area contributed by atoms with Crippen molar-refractivity contribution >= 4 is 22.9 Å². The van der Waals surface area contributed by atoms with Crippen molar-refractivity contribution < 1.29 is 0 Å². The second-order valence-corrected chi connectivity index (χ2v) is 7.43. The predicted octanol–water partition coefficient (Wildman–Crippen LogP) is 3.90. The molecule has 0 fully saturated rings. The number of nitrogens with zero attached hydrogens (tertiary/aromatic N) is 2. The first kappa shape index (κ1) is 14.6. The summed E-state index contributed by atoms with van der Waals surface area (Å²) >= 11 is 3.32. The molecule has 1 N–H and O–H groups in total. The molecule has 2 rings (SSSR count). The molecule has 1 atom stereocenters. The van der Waals surface area contributed by atoms with Crippen molar-refractivity contribution in [3.05, 3.63) is 32.5 Å². The summed E-state index contributed by atoms with van der Waals surface area (Å²) in [5.74, 6) is 0. The van der Waals surface area contributed by atoms with E-state index in [0.29, 0.717) is 0 Å². The Bertz CT molecular complexity index is 537. The van der Waals surface area contributed by atoms with E-state index in [9.17, 15) is 0 Å². The van der Waals surface area contributed by atoms with Crippen molar-refractivity contribution in [2.45, 2.75) is 46.1 Å². The molecule has 0 amide bonds. The van der Waals surface area contributed by atoms with Crippen LogP contribution in [0.1, 0.15) is 54.7 Å². The largest absolute Gasteiger partial charge is 0.305 e. The second-order valence-electron chi connectivity index (χ2n) is 5.69. The maximum absolute atomic E-state index is 4.36. The summed E-state index contributed by atoms with van der Waals surface area (Å²) in [6, 6.07) is 2.40. The van der Waals surface area contributed by atoms with E-state index in [0.717, 1.165) is 12.2 Å². The van der Waals surface area contributed by atoms with Gasteiger partial charge in [-0.3, -0.25) is 0 Å². The molecule has 19 heavy (non-hydrogen) atoms. The molecular weight excluding hydrogens is 274 g/mol. The zero-order valence-electron chi connectivity index (χ0n) is 12.2. The summed E-state index contributed by atoms with van der Waals surface area (Å²) in [6.45, 7) is 11.8. The highest BCUT2D eigenvalue weighted by Crippen LogP contribution is 2.36. The lowest BCUT2D eigenvalue weighted by Crippen LogP contribution is -2.24. The highest BCUT2D eigenvalue weighted by molar-refractivity contribution is 7.10. The third-order valence-electron chi connectivity index (χ3n) is 3.06. The number of thiophene rings is 1. The SMILES string of the molecule is CCNC(c1sccc1C)c1snnc1C(C)(C)C. The lowest BCUT2D eigenvalue weighted by Gasteiger charge is -2.22. The Hall–Kier alpha value is -0.780. The van der Waals surface area contributed by atoms with E-state index in [1.807, 2.05) is 0 Å². The van der Waals surface area contributed by atoms with Crippen LogP contribution < -0.4 is 5.32 Å². The van der Waals surface area contributed by atoms with E-state index in [2.05, 4.69) is 61.0 Å². The van der Waals surface area contributed by atoms with Crippen molar-refractivity contribution in [1.29, 1.82) is 0 Å². The average Bonchev–Trinajstić information content (AvgIpc) is 2.93. The summed E-state index contributed by atoms with van der Waals surface area (Å²) in [5.41, 5.74) is 2.47. The molecule has 0 aliphatic heterocycles. The molecule has 0 saturated heterocycles. The van der Waals surface area contributed by atoms with Crippen LogP contribution in [0.3, 0.4) is 0 Å². The quantitative estimate of drug-likeness (QED) is 0.929. The minimum Gasteiger partial charge on any atom is -0.305 e. The third kappa shape index (κ3) is 3.04. The molecule has 0 spiro atoms. The summed E-state index contributed by atoms with van der Waals surface area (Å²) in [5, 5.41) is 10.1. The van der Waals surface area contributed by atoms with Crippen molar-refractivity contribution in [2.75, 3.05) is 6.54 Å². The van der Waals surface area contributed by atoms with Crippen molar-refractivity contribution in [2.24, 2.45) is 0 Å². The summed E-state index contributed by atoms with van der Waals surface area (Å²) in [6.07, 6.45) is 0. The maximum Gasteiger partial charge on any atom is 0.0860 e. The van der Waals surface area contributed by atoms with Gasteiger partial charge < -0.3 is 5.32 Å². The van der Waals surface area contributed by atoms with Gasteiger partial charge in [0.2, 0.25) is 0 Å². The van der Waals surface area contributed by atoms with Crippen LogP contribution in [0.4, 0.5) is 0 Å². The smallest absolute Gasteiger partial charge is 0.0860 e. The zero-order chi connectivity index (χ0) is 14.0. The molecule has 1 unspecified atom stereocenters. The molecular formula is C14H21N3S2.